The van der Waals surface area contributed by atoms with E-state index in [0.29, 0.717) is 17.8 Å². The normalized spacial score (nSPS) is 10.6. The van der Waals surface area contributed by atoms with E-state index in [1.165, 1.54) is 11.0 Å². The predicted molar refractivity (Wildman–Crippen MR) is 75.8 cm³/mol. The standard InChI is InChI=1S/C14H14BrFN2O2/c1-3-18(14(19)13-6-9(2)17-20-13)8-10-7-11(15)4-5-12(10)16/h4-7H,3,8H2,1-2H3. The van der Waals surface area contributed by atoms with Crippen molar-refractivity contribution < 1.29 is 13.7 Å². The van der Waals surface area contributed by atoms with Crippen LogP contribution in [0.4, 0.5) is 4.39 Å². The molecule has 1 aromatic carbocycles. The fourth-order valence-electron chi connectivity index (χ4n) is 1.82. The van der Waals surface area contributed by atoms with Crippen molar-refractivity contribution >= 4 is 21.8 Å². The van der Waals surface area contributed by atoms with E-state index >= 15 is 0 Å². The van der Waals surface area contributed by atoms with Gasteiger partial charge in [0.25, 0.3) is 5.91 Å². The largest absolute Gasteiger partial charge is 0.351 e. The average Bonchev–Trinajstić information content (AvgIpc) is 2.85. The van der Waals surface area contributed by atoms with Crippen LogP contribution in [0.25, 0.3) is 0 Å². The Balaban J connectivity index is 2.20. The summed E-state index contributed by atoms with van der Waals surface area (Å²) in [4.78, 5) is 13.8. The minimum absolute atomic E-state index is 0.166. The number of halogens is 2. The molecule has 0 spiro atoms. The molecule has 4 nitrogen and oxygen atoms in total. The molecule has 0 unspecified atom stereocenters. The van der Waals surface area contributed by atoms with Crippen molar-refractivity contribution in [1.82, 2.24) is 10.1 Å². The zero-order chi connectivity index (χ0) is 14.7. The van der Waals surface area contributed by atoms with Crippen LogP contribution >= 0.6 is 15.9 Å². The number of aromatic nitrogens is 1. The van der Waals surface area contributed by atoms with Gasteiger partial charge in [-0.1, -0.05) is 21.1 Å². The van der Waals surface area contributed by atoms with E-state index in [4.69, 9.17) is 4.52 Å². The van der Waals surface area contributed by atoms with Gasteiger partial charge in [0.15, 0.2) is 0 Å². The molecule has 20 heavy (non-hydrogen) atoms. The third-order valence-corrected chi connectivity index (χ3v) is 3.37. The molecule has 0 bridgehead atoms. The molecule has 2 aromatic rings. The number of hydrogen-bond donors (Lipinski definition) is 0. The quantitative estimate of drug-likeness (QED) is 0.854. The summed E-state index contributed by atoms with van der Waals surface area (Å²) >= 11 is 3.29. The van der Waals surface area contributed by atoms with E-state index in [-0.39, 0.29) is 24.0 Å². The molecule has 106 valence electrons. The van der Waals surface area contributed by atoms with Crippen LogP contribution in [0.5, 0.6) is 0 Å². The first-order chi connectivity index (χ1) is 9.51. The van der Waals surface area contributed by atoms with E-state index < -0.39 is 0 Å². The molecule has 0 saturated carbocycles. The van der Waals surface area contributed by atoms with E-state index in [9.17, 15) is 9.18 Å². The number of amides is 1. The lowest BCUT2D eigenvalue weighted by atomic mass is 10.2. The van der Waals surface area contributed by atoms with Crippen molar-refractivity contribution in [3.05, 3.63) is 51.6 Å². The summed E-state index contributed by atoms with van der Waals surface area (Å²) in [6, 6.07) is 6.23. The summed E-state index contributed by atoms with van der Waals surface area (Å²) < 4.78 is 19.5. The lowest BCUT2D eigenvalue weighted by Gasteiger charge is -2.19. The van der Waals surface area contributed by atoms with Gasteiger partial charge < -0.3 is 9.42 Å². The summed E-state index contributed by atoms with van der Waals surface area (Å²) in [6.45, 7) is 4.20. The van der Waals surface area contributed by atoms with Gasteiger partial charge in [-0.3, -0.25) is 4.79 Å². The fraction of sp³-hybridized carbons (Fsp3) is 0.286. The van der Waals surface area contributed by atoms with E-state index in [1.54, 1.807) is 25.1 Å². The van der Waals surface area contributed by atoms with Crippen LogP contribution in [-0.4, -0.2) is 22.5 Å². The first-order valence-electron chi connectivity index (χ1n) is 6.17. The first kappa shape index (κ1) is 14.7. The molecule has 0 radical (unpaired) electrons. The van der Waals surface area contributed by atoms with Gasteiger partial charge in [-0.25, -0.2) is 4.39 Å². The van der Waals surface area contributed by atoms with Crippen molar-refractivity contribution in [3.63, 3.8) is 0 Å². The second kappa shape index (κ2) is 6.17. The summed E-state index contributed by atoms with van der Waals surface area (Å²) in [5.41, 5.74) is 1.09. The Labute approximate surface area is 124 Å². The molecule has 0 aliphatic rings. The van der Waals surface area contributed by atoms with Crippen LogP contribution in [0.2, 0.25) is 0 Å². The molecule has 0 N–H and O–H groups in total. The molecule has 0 aliphatic carbocycles. The maximum atomic E-state index is 13.7. The van der Waals surface area contributed by atoms with Crippen molar-refractivity contribution in [2.24, 2.45) is 0 Å². The first-order valence-corrected chi connectivity index (χ1v) is 6.97. The van der Waals surface area contributed by atoms with Crippen molar-refractivity contribution in [2.75, 3.05) is 6.54 Å². The number of carbonyl (C=O) groups excluding carboxylic acids is 1. The van der Waals surface area contributed by atoms with E-state index in [1.807, 2.05) is 6.92 Å². The van der Waals surface area contributed by atoms with Gasteiger partial charge in [0.2, 0.25) is 5.76 Å². The van der Waals surface area contributed by atoms with Gasteiger partial charge in [-0.2, -0.15) is 0 Å². The SMILES string of the molecule is CCN(Cc1cc(Br)ccc1F)C(=O)c1cc(C)no1. The maximum Gasteiger partial charge on any atom is 0.292 e. The molecule has 0 atom stereocenters. The van der Waals surface area contributed by atoms with Gasteiger partial charge in [0, 0.05) is 29.2 Å². The maximum absolute atomic E-state index is 13.7. The van der Waals surface area contributed by atoms with Gasteiger partial charge in [-0.15, -0.1) is 0 Å². The van der Waals surface area contributed by atoms with Gasteiger partial charge in [0.1, 0.15) is 5.82 Å². The van der Waals surface area contributed by atoms with E-state index in [2.05, 4.69) is 21.1 Å². The number of nitrogens with zero attached hydrogens (tertiary/aromatic N) is 2. The molecular formula is C14H14BrFN2O2. The lowest BCUT2D eigenvalue weighted by Crippen LogP contribution is -2.30. The molecule has 1 heterocycles. The summed E-state index contributed by atoms with van der Waals surface area (Å²) in [5.74, 6) is -0.472. The number of benzene rings is 1. The molecular weight excluding hydrogens is 327 g/mol. The number of carbonyl (C=O) groups is 1. The Morgan fingerprint density at radius 3 is 2.80 bits per heavy atom. The Morgan fingerprint density at radius 2 is 2.20 bits per heavy atom. The van der Waals surface area contributed by atoms with Crippen LogP contribution in [-0.2, 0) is 6.54 Å². The highest BCUT2D eigenvalue weighted by molar-refractivity contribution is 9.10. The molecule has 1 aromatic heterocycles. The summed E-state index contributed by atoms with van der Waals surface area (Å²) in [6.07, 6.45) is 0. The Bertz CT molecular complexity index is 627. The van der Waals surface area contributed by atoms with Crippen LogP contribution < -0.4 is 0 Å². The summed E-state index contributed by atoms with van der Waals surface area (Å²) in [7, 11) is 0. The Morgan fingerprint density at radius 1 is 1.45 bits per heavy atom. The van der Waals surface area contributed by atoms with E-state index in [0.717, 1.165) is 4.47 Å². The molecule has 0 fully saturated rings. The second-order valence-corrected chi connectivity index (χ2v) is 5.30. The van der Waals surface area contributed by atoms with Crippen LogP contribution in [0.1, 0.15) is 28.7 Å². The van der Waals surface area contributed by atoms with Gasteiger partial charge in [-0.05, 0) is 32.0 Å². The van der Waals surface area contributed by atoms with Crippen LogP contribution in [0, 0.1) is 12.7 Å². The molecule has 1 amide bonds. The minimum atomic E-state index is -0.340. The second-order valence-electron chi connectivity index (χ2n) is 4.39. The number of rotatable bonds is 4. The third-order valence-electron chi connectivity index (χ3n) is 2.88. The molecule has 2 rings (SSSR count). The fourth-order valence-corrected chi connectivity index (χ4v) is 2.23. The Kier molecular flexibility index (Phi) is 4.54. The predicted octanol–water partition coefficient (Wildman–Crippen LogP) is 3.55. The van der Waals surface area contributed by atoms with Gasteiger partial charge >= 0.3 is 0 Å². The zero-order valence-electron chi connectivity index (χ0n) is 11.2. The van der Waals surface area contributed by atoms with Crippen LogP contribution in [0.3, 0.4) is 0 Å². The van der Waals surface area contributed by atoms with Crippen molar-refractivity contribution in [2.45, 2.75) is 20.4 Å². The highest BCUT2D eigenvalue weighted by Crippen LogP contribution is 2.18. The van der Waals surface area contributed by atoms with Crippen LogP contribution in [0.15, 0.2) is 33.3 Å². The minimum Gasteiger partial charge on any atom is -0.351 e. The van der Waals surface area contributed by atoms with Gasteiger partial charge in [0.05, 0.1) is 5.69 Å². The smallest absolute Gasteiger partial charge is 0.292 e. The molecule has 0 aliphatic heterocycles. The zero-order valence-corrected chi connectivity index (χ0v) is 12.8. The highest BCUT2D eigenvalue weighted by atomic mass is 79.9. The molecule has 6 heteroatoms. The topological polar surface area (TPSA) is 46.3 Å². The Hall–Kier alpha value is -1.69. The number of hydrogen-bond acceptors (Lipinski definition) is 3. The summed E-state index contributed by atoms with van der Waals surface area (Å²) in [5, 5.41) is 3.69. The molecule has 0 saturated heterocycles. The van der Waals surface area contributed by atoms with Crippen molar-refractivity contribution in [3.8, 4) is 0 Å². The lowest BCUT2D eigenvalue weighted by molar-refractivity contribution is 0.0709. The third kappa shape index (κ3) is 3.25. The number of aryl methyl sites for hydroxylation is 1. The highest BCUT2D eigenvalue weighted by Gasteiger charge is 2.20. The monoisotopic (exact) mass is 340 g/mol. The van der Waals surface area contributed by atoms with Crippen molar-refractivity contribution in [1.29, 1.82) is 0 Å². The average molecular weight is 341 g/mol.